The number of carbonyl (C=O) groups is 3. The van der Waals surface area contributed by atoms with Crippen molar-refractivity contribution < 1.29 is 76.0 Å². The monoisotopic (exact) mass is 901 g/mol. The van der Waals surface area contributed by atoms with E-state index in [0.29, 0.717) is 18.8 Å². The number of methoxy groups -OCH3 is 2. The van der Waals surface area contributed by atoms with Gasteiger partial charge in [-0.05, 0) is 84.9 Å². The number of rotatable bonds is 20. The quantitative estimate of drug-likeness (QED) is 0.0683. The molecule has 0 N–H and O–H groups in total. The molecule has 354 valence electrons. The maximum Gasteiger partial charge on any atom is 0.306 e. The van der Waals surface area contributed by atoms with Gasteiger partial charge >= 0.3 is 17.9 Å². The zero-order chi connectivity index (χ0) is 46.2. The molecule has 6 rings (SSSR count). The molecule has 0 saturated carbocycles. The Morgan fingerprint density at radius 1 is 0.766 bits per heavy atom. The minimum atomic E-state index is -1.33. The second-order valence-corrected chi connectivity index (χ2v) is 17.1. The van der Waals surface area contributed by atoms with Gasteiger partial charge in [0, 0.05) is 33.4 Å². The van der Waals surface area contributed by atoms with Gasteiger partial charge in [0.15, 0.2) is 36.0 Å². The lowest BCUT2D eigenvalue weighted by molar-refractivity contribution is -0.317. The second kappa shape index (κ2) is 21.4. The highest BCUT2D eigenvalue weighted by Crippen LogP contribution is 2.43. The Morgan fingerprint density at radius 2 is 1.38 bits per heavy atom. The molecule has 9 atom stereocenters. The lowest BCUT2D eigenvalue weighted by Gasteiger charge is -2.43. The minimum absolute atomic E-state index is 0.108. The second-order valence-electron chi connectivity index (χ2n) is 17.1. The molecule has 0 aliphatic carbocycles. The van der Waals surface area contributed by atoms with Crippen LogP contribution >= 0.6 is 0 Å². The van der Waals surface area contributed by atoms with Crippen LogP contribution in [-0.4, -0.2) is 144 Å². The number of fused-ring (bicyclic) bond motifs is 1. The maximum atomic E-state index is 13.1. The summed E-state index contributed by atoms with van der Waals surface area (Å²) in [7, 11) is 2.96. The SMILES string of the molecule is CCN(CCOC(=O)CCC(=O)OC[C@H]1O[C@@H](OC([C@H]2COC(C)(C)O2)[C@@H]2OC(C)(C)O[C@@H]2C(OC)OC)[C@H](OC(C)=O)[C@H]2OC(C)(C)O[C@H]21)c1ccc(N=Nc2ccccc2)cc1. The number of ether oxygens (including phenoxy) is 13. The van der Waals surface area contributed by atoms with E-state index in [4.69, 9.17) is 61.6 Å². The van der Waals surface area contributed by atoms with Crippen LogP contribution in [0.15, 0.2) is 64.8 Å². The van der Waals surface area contributed by atoms with Crippen molar-refractivity contribution in [3.8, 4) is 0 Å². The van der Waals surface area contributed by atoms with Gasteiger partial charge < -0.3 is 66.5 Å². The van der Waals surface area contributed by atoms with Crippen LogP contribution in [0.25, 0.3) is 0 Å². The Bertz CT molecular complexity index is 1880. The number of carbonyl (C=O) groups excluding carboxylic acids is 3. The number of hydrogen-bond donors (Lipinski definition) is 0. The molecule has 1 unspecified atom stereocenters. The average Bonchev–Trinajstić information content (AvgIpc) is 3.90. The maximum absolute atomic E-state index is 13.1. The fraction of sp³-hybridized carbons (Fsp3) is 0.667. The van der Waals surface area contributed by atoms with E-state index in [9.17, 15) is 14.4 Å². The molecule has 4 fully saturated rings. The third kappa shape index (κ3) is 13.0. The molecular weight excluding hydrogens is 838 g/mol. The molecule has 0 amide bonds. The van der Waals surface area contributed by atoms with Crippen LogP contribution in [0.2, 0.25) is 0 Å². The van der Waals surface area contributed by atoms with Crippen molar-refractivity contribution in [1.82, 2.24) is 0 Å². The van der Waals surface area contributed by atoms with Crippen LogP contribution < -0.4 is 4.90 Å². The van der Waals surface area contributed by atoms with Crippen molar-refractivity contribution >= 4 is 35.0 Å². The predicted molar refractivity (Wildman–Crippen MR) is 226 cm³/mol. The van der Waals surface area contributed by atoms with Gasteiger partial charge in [-0.25, -0.2) is 0 Å². The first-order valence-corrected chi connectivity index (χ1v) is 21.6. The van der Waals surface area contributed by atoms with Gasteiger partial charge in [0.1, 0.15) is 55.9 Å². The lowest BCUT2D eigenvalue weighted by Crippen LogP contribution is -2.62. The zero-order valence-corrected chi connectivity index (χ0v) is 38.3. The lowest BCUT2D eigenvalue weighted by atomic mass is 9.98. The molecule has 64 heavy (non-hydrogen) atoms. The Kier molecular flexibility index (Phi) is 16.5. The Labute approximate surface area is 374 Å². The molecule has 4 saturated heterocycles. The molecule has 0 radical (unpaired) electrons. The van der Waals surface area contributed by atoms with Crippen molar-refractivity contribution in [1.29, 1.82) is 0 Å². The molecular formula is C45H63N3O16. The molecule has 0 spiro atoms. The Morgan fingerprint density at radius 3 is 1.98 bits per heavy atom. The number of azo groups is 1. The fourth-order valence-electron chi connectivity index (χ4n) is 8.06. The zero-order valence-electron chi connectivity index (χ0n) is 38.3. The largest absolute Gasteiger partial charge is 0.464 e. The first kappa shape index (κ1) is 49.3. The molecule has 4 heterocycles. The fourth-order valence-corrected chi connectivity index (χ4v) is 8.06. The van der Waals surface area contributed by atoms with Crippen molar-refractivity contribution in [2.24, 2.45) is 10.2 Å². The number of anilines is 1. The predicted octanol–water partition coefficient (Wildman–Crippen LogP) is 5.65. The summed E-state index contributed by atoms with van der Waals surface area (Å²) in [6.45, 7) is 14.7. The third-order valence-corrected chi connectivity index (χ3v) is 10.8. The van der Waals surface area contributed by atoms with E-state index in [-0.39, 0.29) is 32.7 Å². The van der Waals surface area contributed by atoms with Crippen molar-refractivity contribution in [2.75, 3.05) is 52.0 Å². The highest BCUT2D eigenvalue weighted by Gasteiger charge is 2.60. The van der Waals surface area contributed by atoms with Crippen molar-refractivity contribution in [2.45, 2.75) is 147 Å². The minimum Gasteiger partial charge on any atom is -0.464 e. The first-order valence-electron chi connectivity index (χ1n) is 21.6. The van der Waals surface area contributed by atoms with Gasteiger partial charge in [0.05, 0.1) is 37.4 Å². The topological polar surface area (TPSA) is 199 Å². The van der Waals surface area contributed by atoms with Crippen LogP contribution in [0, 0.1) is 0 Å². The van der Waals surface area contributed by atoms with Crippen molar-refractivity contribution in [3.05, 3.63) is 54.6 Å². The summed E-state index contributed by atoms with van der Waals surface area (Å²) in [5.41, 5.74) is 2.40. The summed E-state index contributed by atoms with van der Waals surface area (Å²) >= 11 is 0. The van der Waals surface area contributed by atoms with Gasteiger partial charge in [0.2, 0.25) is 0 Å². The molecule has 2 aromatic carbocycles. The standard InChI is InChI=1S/C45H63N3O16/c1-11-48(30-19-17-29(18-20-30)47-46-28-15-13-12-14-16-28)23-24-54-33(50)21-22-34(51)55-25-31-36-38(63-44(5,6)61-36)39(57-27(2)49)42(58-31)59-35(32-26-56-43(3,4)60-32)37-40(41(52-9)53-10)64-45(7,8)62-37/h12-20,31-32,35-42H,11,21-26H2,1-10H3/t31-,32-,35?,36+,37+,38+,39-,40+,42+/m1/s1. The summed E-state index contributed by atoms with van der Waals surface area (Å²) < 4.78 is 78.9. The van der Waals surface area contributed by atoms with E-state index in [1.165, 1.54) is 21.1 Å². The van der Waals surface area contributed by atoms with Crippen LogP contribution in [0.4, 0.5) is 17.1 Å². The van der Waals surface area contributed by atoms with E-state index >= 15 is 0 Å². The van der Waals surface area contributed by atoms with E-state index < -0.39 is 96.7 Å². The first-order chi connectivity index (χ1) is 30.4. The summed E-state index contributed by atoms with van der Waals surface area (Å²) in [6.07, 6.45) is -9.98. The smallest absolute Gasteiger partial charge is 0.306 e. The highest BCUT2D eigenvalue weighted by molar-refractivity contribution is 5.77. The summed E-state index contributed by atoms with van der Waals surface area (Å²) in [5.74, 6) is -5.05. The van der Waals surface area contributed by atoms with Crippen LogP contribution in [-0.2, 0) is 76.0 Å². The number of esters is 3. The summed E-state index contributed by atoms with van der Waals surface area (Å²) in [4.78, 5) is 40.5. The summed E-state index contributed by atoms with van der Waals surface area (Å²) in [6, 6.07) is 17.1. The van der Waals surface area contributed by atoms with Crippen LogP contribution in [0.1, 0.15) is 68.2 Å². The number of benzene rings is 2. The molecule has 0 bridgehead atoms. The highest BCUT2D eigenvalue weighted by atomic mass is 16.8. The van der Waals surface area contributed by atoms with Gasteiger partial charge in [-0.3, -0.25) is 14.4 Å². The van der Waals surface area contributed by atoms with Crippen LogP contribution in [0.3, 0.4) is 0 Å². The molecule has 2 aromatic rings. The summed E-state index contributed by atoms with van der Waals surface area (Å²) in [5, 5.41) is 8.54. The molecule has 0 aromatic heterocycles. The van der Waals surface area contributed by atoms with Gasteiger partial charge in [-0.15, -0.1) is 0 Å². The van der Waals surface area contributed by atoms with Crippen LogP contribution in [0.5, 0.6) is 0 Å². The van der Waals surface area contributed by atoms with Gasteiger partial charge in [0.25, 0.3) is 0 Å². The van der Waals surface area contributed by atoms with E-state index in [1.807, 2.05) is 61.5 Å². The molecule has 4 aliphatic rings. The molecule has 19 heteroatoms. The normalized spacial score (nSPS) is 28.5. The van der Waals surface area contributed by atoms with E-state index in [2.05, 4.69) is 15.1 Å². The number of hydrogen-bond acceptors (Lipinski definition) is 19. The average molecular weight is 902 g/mol. The van der Waals surface area contributed by atoms with Gasteiger partial charge in [-0.1, -0.05) is 18.2 Å². The number of nitrogens with zero attached hydrogens (tertiary/aromatic N) is 3. The van der Waals surface area contributed by atoms with Crippen molar-refractivity contribution in [3.63, 3.8) is 0 Å². The molecule has 4 aliphatic heterocycles. The van der Waals surface area contributed by atoms with E-state index in [0.717, 1.165) is 11.4 Å². The Hall–Kier alpha value is -4.15. The third-order valence-electron chi connectivity index (χ3n) is 10.8. The number of likely N-dealkylation sites (N-methyl/N-ethyl adjacent to an activating group) is 1. The van der Waals surface area contributed by atoms with E-state index in [1.54, 1.807) is 41.5 Å². The Balaban J connectivity index is 1.07. The van der Waals surface area contributed by atoms with Gasteiger partial charge in [-0.2, -0.15) is 10.2 Å². The molecule has 19 nitrogen and oxygen atoms in total.